The number of carbonyl (C=O) groups is 1. The van der Waals surface area contributed by atoms with E-state index < -0.39 is 17.5 Å². The summed E-state index contributed by atoms with van der Waals surface area (Å²) in [5, 5.41) is 20.0. The Labute approximate surface area is 115 Å². The molecule has 0 amide bonds. The Morgan fingerprint density at radius 1 is 1.25 bits per heavy atom. The molecule has 2 N–H and O–H groups in total. The van der Waals surface area contributed by atoms with E-state index in [1.54, 1.807) is 32.0 Å². The van der Waals surface area contributed by atoms with Gasteiger partial charge in [-0.15, -0.1) is 0 Å². The predicted molar refractivity (Wildman–Crippen MR) is 71.5 cm³/mol. The van der Waals surface area contributed by atoms with Gasteiger partial charge in [-0.3, -0.25) is 4.79 Å². The molecular weight excluding hydrogens is 260 g/mol. The number of aromatic hydroxyl groups is 1. The second-order valence-corrected chi connectivity index (χ2v) is 5.33. The zero-order chi connectivity index (χ0) is 14.5. The second kappa shape index (κ2) is 4.11. The number of carbonyl (C=O) groups excluding carboxylic acids is 1. The molecule has 2 aromatic rings. The number of ketones is 1. The molecule has 1 aromatic carbocycles. The molecule has 0 saturated heterocycles. The molecule has 104 valence electrons. The summed E-state index contributed by atoms with van der Waals surface area (Å²) in [6.45, 7) is 3.48. The molecule has 0 aliphatic carbocycles. The summed E-state index contributed by atoms with van der Waals surface area (Å²) in [7, 11) is 0. The topological polar surface area (TPSA) is 79.9 Å². The van der Waals surface area contributed by atoms with E-state index in [1.165, 1.54) is 12.1 Å². The molecule has 5 heteroatoms. The first kappa shape index (κ1) is 12.7. The molecule has 0 spiro atoms. The Morgan fingerprint density at radius 2 is 2.00 bits per heavy atom. The largest absolute Gasteiger partial charge is 0.507 e. The summed E-state index contributed by atoms with van der Waals surface area (Å²) in [4.78, 5) is 12.0. The van der Waals surface area contributed by atoms with Crippen LogP contribution in [0, 0.1) is 0 Å². The van der Waals surface area contributed by atoms with Crippen LogP contribution in [0.1, 0.15) is 25.7 Å². The Hall–Kier alpha value is -2.27. The number of ether oxygens (including phenoxy) is 1. The fourth-order valence-corrected chi connectivity index (χ4v) is 2.31. The van der Waals surface area contributed by atoms with Crippen LogP contribution in [0.3, 0.4) is 0 Å². The molecule has 0 saturated carbocycles. The Bertz CT molecular complexity index is 723. The number of aliphatic hydroxyl groups is 1. The van der Waals surface area contributed by atoms with Crippen molar-refractivity contribution < 1.29 is 24.2 Å². The van der Waals surface area contributed by atoms with Gasteiger partial charge in [-0.1, -0.05) is 6.07 Å². The van der Waals surface area contributed by atoms with Gasteiger partial charge in [0.25, 0.3) is 0 Å². The van der Waals surface area contributed by atoms with Crippen LogP contribution in [0.25, 0.3) is 11.0 Å². The van der Waals surface area contributed by atoms with Crippen molar-refractivity contribution in [3.8, 4) is 5.75 Å². The number of hydrogen-bond donors (Lipinski definition) is 2. The monoisotopic (exact) mass is 274 g/mol. The normalized spacial score (nSPS) is 22.0. The number of fused-ring (bicyclic) bond motifs is 1. The standard InChI is InChI=1S/C15H14O5/c1-15(2)7-10(17)13(18)14(20-15)12-6-8-9(16)4-3-5-11(8)19-12/h3-7,14,16-17H,1-2H3. The maximum absolute atomic E-state index is 12.0. The quantitative estimate of drug-likeness (QED) is 0.835. The molecule has 2 heterocycles. The first-order valence-corrected chi connectivity index (χ1v) is 6.23. The van der Waals surface area contributed by atoms with Gasteiger partial charge < -0.3 is 19.4 Å². The lowest BCUT2D eigenvalue weighted by Crippen LogP contribution is -2.34. The number of Topliss-reactive ketones (excluding diaryl/α,β-unsaturated/α-hetero) is 1. The zero-order valence-corrected chi connectivity index (χ0v) is 11.1. The van der Waals surface area contributed by atoms with Gasteiger partial charge in [0, 0.05) is 0 Å². The van der Waals surface area contributed by atoms with E-state index in [2.05, 4.69) is 0 Å². The van der Waals surface area contributed by atoms with Gasteiger partial charge in [0.05, 0.1) is 11.0 Å². The number of rotatable bonds is 1. The molecule has 1 aliphatic rings. The number of aliphatic hydroxyl groups excluding tert-OH is 1. The Balaban J connectivity index is 2.09. The molecule has 1 aromatic heterocycles. The van der Waals surface area contributed by atoms with E-state index in [9.17, 15) is 15.0 Å². The van der Waals surface area contributed by atoms with Gasteiger partial charge in [-0.25, -0.2) is 0 Å². The van der Waals surface area contributed by atoms with Gasteiger partial charge in [0.2, 0.25) is 5.78 Å². The summed E-state index contributed by atoms with van der Waals surface area (Å²) in [5.74, 6) is -0.558. The number of hydrogen-bond acceptors (Lipinski definition) is 5. The van der Waals surface area contributed by atoms with Crippen LogP contribution >= 0.6 is 0 Å². The van der Waals surface area contributed by atoms with Gasteiger partial charge in [-0.2, -0.15) is 0 Å². The summed E-state index contributed by atoms with van der Waals surface area (Å²) < 4.78 is 11.2. The lowest BCUT2D eigenvalue weighted by molar-refractivity contribution is -0.143. The molecule has 20 heavy (non-hydrogen) atoms. The molecule has 0 fully saturated rings. The highest BCUT2D eigenvalue weighted by atomic mass is 16.5. The van der Waals surface area contributed by atoms with Gasteiger partial charge in [-0.05, 0) is 38.1 Å². The SMILES string of the molecule is CC1(C)C=C(O)C(=O)C(c2cc3c(O)cccc3o2)O1. The second-order valence-electron chi connectivity index (χ2n) is 5.33. The van der Waals surface area contributed by atoms with Crippen LogP contribution in [-0.4, -0.2) is 21.6 Å². The molecule has 5 nitrogen and oxygen atoms in total. The fraction of sp³-hybridized carbons (Fsp3) is 0.267. The van der Waals surface area contributed by atoms with Crippen molar-refractivity contribution in [3.63, 3.8) is 0 Å². The third-order valence-electron chi connectivity index (χ3n) is 3.21. The Morgan fingerprint density at radius 3 is 2.70 bits per heavy atom. The summed E-state index contributed by atoms with van der Waals surface area (Å²) in [6.07, 6.45) is 0.355. The van der Waals surface area contributed by atoms with Crippen molar-refractivity contribution in [2.24, 2.45) is 0 Å². The van der Waals surface area contributed by atoms with Crippen LogP contribution in [0.15, 0.2) is 40.5 Å². The van der Waals surface area contributed by atoms with Crippen LogP contribution in [0.4, 0.5) is 0 Å². The molecule has 0 bridgehead atoms. The first-order chi connectivity index (χ1) is 9.37. The van der Waals surface area contributed by atoms with Crippen molar-refractivity contribution in [1.29, 1.82) is 0 Å². The Kier molecular flexibility index (Phi) is 2.62. The molecule has 0 radical (unpaired) electrons. The van der Waals surface area contributed by atoms with Crippen LogP contribution in [0.5, 0.6) is 5.75 Å². The average Bonchev–Trinajstić information content (AvgIpc) is 2.78. The van der Waals surface area contributed by atoms with E-state index in [-0.39, 0.29) is 17.3 Å². The van der Waals surface area contributed by atoms with E-state index in [0.29, 0.717) is 11.0 Å². The van der Waals surface area contributed by atoms with Crippen LogP contribution in [-0.2, 0) is 9.53 Å². The first-order valence-electron chi connectivity index (χ1n) is 6.23. The highest BCUT2D eigenvalue weighted by Gasteiger charge is 2.38. The number of phenols is 1. The molecule has 3 rings (SSSR count). The van der Waals surface area contributed by atoms with Crippen LogP contribution in [0.2, 0.25) is 0 Å². The number of furan rings is 1. The average molecular weight is 274 g/mol. The molecule has 1 atom stereocenters. The van der Waals surface area contributed by atoms with Crippen molar-refractivity contribution in [3.05, 3.63) is 41.9 Å². The third kappa shape index (κ3) is 1.96. The minimum Gasteiger partial charge on any atom is -0.507 e. The van der Waals surface area contributed by atoms with Crippen molar-refractivity contribution in [2.75, 3.05) is 0 Å². The van der Waals surface area contributed by atoms with E-state index in [1.807, 2.05) is 0 Å². The van der Waals surface area contributed by atoms with Crippen molar-refractivity contribution >= 4 is 16.8 Å². The minimum atomic E-state index is -1.01. The van der Waals surface area contributed by atoms with E-state index in [4.69, 9.17) is 9.15 Å². The lowest BCUT2D eigenvalue weighted by atomic mass is 9.99. The summed E-state index contributed by atoms with van der Waals surface area (Å²) >= 11 is 0. The molecule has 1 unspecified atom stereocenters. The lowest BCUT2D eigenvalue weighted by Gasteiger charge is -2.30. The number of benzene rings is 1. The number of phenolic OH excluding ortho intramolecular Hbond substituents is 1. The molecule has 1 aliphatic heterocycles. The summed E-state index contributed by atoms with van der Waals surface area (Å²) in [6, 6.07) is 6.43. The maximum atomic E-state index is 12.0. The summed E-state index contributed by atoms with van der Waals surface area (Å²) in [5.41, 5.74) is -0.313. The minimum absolute atomic E-state index is 0.0692. The fourth-order valence-electron chi connectivity index (χ4n) is 2.31. The van der Waals surface area contributed by atoms with E-state index in [0.717, 1.165) is 0 Å². The van der Waals surface area contributed by atoms with E-state index >= 15 is 0 Å². The van der Waals surface area contributed by atoms with Crippen molar-refractivity contribution in [1.82, 2.24) is 0 Å². The van der Waals surface area contributed by atoms with Crippen molar-refractivity contribution in [2.45, 2.75) is 25.6 Å². The van der Waals surface area contributed by atoms with Gasteiger partial charge >= 0.3 is 0 Å². The zero-order valence-electron chi connectivity index (χ0n) is 11.1. The van der Waals surface area contributed by atoms with Gasteiger partial charge in [0.1, 0.15) is 17.1 Å². The molecular formula is C15H14O5. The smallest absolute Gasteiger partial charge is 0.233 e. The predicted octanol–water partition coefficient (Wildman–Crippen LogP) is 3.00. The third-order valence-corrected chi connectivity index (χ3v) is 3.21. The maximum Gasteiger partial charge on any atom is 0.233 e. The highest BCUT2D eigenvalue weighted by Crippen LogP contribution is 2.37. The highest BCUT2D eigenvalue weighted by molar-refractivity contribution is 5.98. The van der Waals surface area contributed by atoms with Crippen LogP contribution < -0.4 is 0 Å². The van der Waals surface area contributed by atoms with Gasteiger partial charge in [0.15, 0.2) is 11.9 Å².